The number of rotatable bonds is 9. The number of anilines is 4. The number of halogens is 21. The van der Waals surface area contributed by atoms with Crippen LogP contribution in [-0.2, 0) is 59.4 Å². The Morgan fingerprint density at radius 1 is 0.453 bits per heavy atom. The highest BCUT2D eigenvalue weighted by molar-refractivity contribution is 9.10. The number of carbonyl (C=O) groups is 1. The first kappa shape index (κ1) is 74.1. The Morgan fingerprint density at radius 2 is 0.800 bits per heavy atom. The highest BCUT2D eigenvalue weighted by Gasteiger charge is 2.38. The zero-order chi connectivity index (χ0) is 71.0. The molecule has 0 saturated carbocycles. The van der Waals surface area contributed by atoms with E-state index in [1.807, 2.05) is 0 Å². The van der Waals surface area contributed by atoms with Gasteiger partial charge in [-0.05, 0) is 137 Å². The van der Waals surface area contributed by atoms with Crippen LogP contribution < -0.4 is 27.7 Å². The summed E-state index contributed by atoms with van der Waals surface area (Å²) >= 11 is 3.00. The number of nitrogen functional groups attached to an aromatic ring is 2. The van der Waals surface area contributed by atoms with Crippen molar-refractivity contribution in [2.75, 3.05) is 22.1 Å². The van der Waals surface area contributed by atoms with Crippen molar-refractivity contribution in [2.45, 2.75) is 31.2 Å². The van der Waals surface area contributed by atoms with E-state index in [2.05, 4.69) is 47.0 Å². The molecule has 10 rings (SSSR count). The molecule has 0 radical (unpaired) electrons. The average molecular weight is 1430 g/mol. The molecule has 1 amide bonds. The van der Waals surface area contributed by atoms with Crippen molar-refractivity contribution in [2.24, 2.45) is 28.2 Å². The second-order valence-electron chi connectivity index (χ2n) is 19.5. The van der Waals surface area contributed by atoms with Gasteiger partial charge in [0.05, 0.1) is 27.1 Å². The fourth-order valence-electron chi connectivity index (χ4n) is 8.12. The second-order valence-corrected chi connectivity index (χ2v) is 20.3. The molecule has 8 N–H and O–H groups in total. The van der Waals surface area contributed by atoms with Crippen molar-refractivity contribution in [3.05, 3.63) is 218 Å². The number of nitrogens with zero attached hydrogens (tertiary/aromatic N) is 8. The van der Waals surface area contributed by atoms with Gasteiger partial charge >= 0.3 is 31.8 Å². The van der Waals surface area contributed by atoms with Crippen LogP contribution in [0.25, 0.3) is 33.8 Å². The SMILES string of the molecule is Cn1nc(C(F)(F)F)cc1-c1ccc(N)cc1F.Cn1nc(C(F)(F)F)cc1-c1ccc(NC(=O)c2c(F)cccc2F)cc1F.Cn1nc(C(F)(F)F)cc1-c1ccc(NCc2c(F)cccc2F)cc1F.Cn1nc(C(F)(F)F)cc1B(O)O.Nc1ccc(Br)c(F)c1. The van der Waals surface area contributed by atoms with Crippen LogP contribution in [0.1, 0.15) is 38.7 Å². The lowest BCUT2D eigenvalue weighted by Crippen LogP contribution is -2.35. The lowest BCUT2D eigenvalue weighted by molar-refractivity contribution is -0.142. The topological polar surface area (TPSA) is 205 Å². The second kappa shape index (κ2) is 30.0. The monoisotopic (exact) mass is 1430 g/mol. The summed E-state index contributed by atoms with van der Waals surface area (Å²) in [7, 11) is 3.07. The summed E-state index contributed by atoms with van der Waals surface area (Å²) in [5.41, 5.74) is 5.12. The van der Waals surface area contributed by atoms with Gasteiger partial charge in [0.1, 0.15) is 52.1 Å². The molecular formula is C58H44BBrF20N12O3. The van der Waals surface area contributed by atoms with Gasteiger partial charge < -0.3 is 32.1 Å². The summed E-state index contributed by atoms with van der Waals surface area (Å²) < 4.78 is 263. The quantitative estimate of drug-likeness (QED) is 0.0458. The molecular weight excluding hydrogens is 1380 g/mol. The molecule has 4 heterocycles. The molecule has 6 aromatic carbocycles. The summed E-state index contributed by atoms with van der Waals surface area (Å²) in [4.78, 5) is 12.0. The Hall–Kier alpha value is -9.91. The summed E-state index contributed by atoms with van der Waals surface area (Å²) in [6.07, 6.45) is -18.5. The zero-order valence-electron chi connectivity index (χ0n) is 48.5. The molecule has 10 aromatic rings. The minimum Gasteiger partial charge on any atom is -0.422 e. The van der Waals surface area contributed by atoms with Gasteiger partial charge in [0.15, 0.2) is 22.8 Å². The van der Waals surface area contributed by atoms with E-state index in [4.69, 9.17) is 21.5 Å². The van der Waals surface area contributed by atoms with Crippen LogP contribution in [0.15, 0.2) is 138 Å². The smallest absolute Gasteiger partial charge is 0.422 e. The first-order valence-electron chi connectivity index (χ1n) is 26.1. The first-order valence-corrected chi connectivity index (χ1v) is 26.9. The largest absolute Gasteiger partial charge is 0.507 e. The molecule has 0 saturated heterocycles. The number of aromatic nitrogens is 8. The van der Waals surface area contributed by atoms with E-state index < -0.39 is 107 Å². The number of nitrogens with two attached hydrogens (primary N) is 2. The summed E-state index contributed by atoms with van der Waals surface area (Å²) in [5, 5.41) is 35.1. The number of aryl methyl sites for hydroxylation is 4. The van der Waals surface area contributed by atoms with E-state index in [9.17, 15) is 92.6 Å². The van der Waals surface area contributed by atoms with Crippen LogP contribution in [0, 0.1) is 46.5 Å². The molecule has 0 aliphatic rings. The van der Waals surface area contributed by atoms with E-state index in [0.29, 0.717) is 22.3 Å². The van der Waals surface area contributed by atoms with Crippen molar-refractivity contribution in [3.8, 4) is 33.8 Å². The maximum Gasteiger partial charge on any atom is 0.507 e. The molecule has 4 aromatic heterocycles. The maximum atomic E-state index is 14.4. The summed E-state index contributed by atoms with van der Waals surface area (Å²) in [6.45, 7) is -0.221. The fourth-order valence-corrected chi connectivity index (χ4v) is 8.37. The van der Waals surface area contributed by atoms with Gasteiger partial charge in [-0.1, -0.05) is 12.1 Å². The van der Waals surface area contributed by atoms with Crippen molar-refractivity contribution in [1.82, 2.24) is 39.1 Å². The van der Waals surface area contributed by atoms with Crippen molar-refractivity contribution in [3.63, 3.8) is 0 Å². The molecule has 0 aliphatic carbocycles. The fraction of sp³-hybridized carbons (Fsp3) is 0.155. The van der Waals surface area contributed by atoms with E-state index in [1.54, 1.807) is 12.1 Å². The van der Waals surface area contributed by atoms with Crippen LogP contribution in [0.3, 0.4) is 0 Å². The molecule has 0 bridgehead atoms. The van der Waals surface area contributed by atoms with Gasteiger partial charge in [0.25, 0.3) is 5.91 Å². The molecule has 37 heteroatoms. The molecule has 0 unspecified atom stereocenters. The van der Waals surface area contributed by atoms with Crippen LogP contribution in [0.5, 0.6) is 0 Å². The lowest BCUT2D eigenvalue weighted by Gasteiger charge is -2.10. The zero-order valence-corrected chi connectivity index (χ0v) is 50.0. The summed E-state index contributed by atoms with van der Waals surface area (Å²) in [6, 6.07) is 24.2. The van der Waals surface area contributed by atoms with Crippen LogP contribution in [0.4, 0.5) is 111 Å². The van der Waals surface area contributed by atoms with Crippen LogP contribution >= 0.6 is 15.9 Å². The number of alkyl halides is 12. The van der Waals surface area contributed by atoms with Crippen molar-refractivity contribution >= 4 is 57.3 Å². The van der Waals surface area contributed by atoms with Crippen LogP contribution in [-0.4, -0.2) is 62.2 Å². The Bertz CT molecular complexity index is 4310. The van der Waals surface area contributed by atoms with Gasteiger partial charge in [0.2, 0.25) is 0 Å². The van der Waals surface area contributed by atoms with Crippen LogP contribution in [0.2, 0.25) is 0 Å². The van der Waals surface area contributed by atoms with E-state index >= 15 is 0 Å². The predicted octanol–water partition coefficient (Wildman–Crippen LogP) is 14.0. The van der Waals surface area contributed by atoms with Gasteiger partial charge in [-0.2, -0.15) is 73.1 Å². The number of amides is 1. The molecule has 0 aliphatic heterocycles. The van der Waals surface area contributed by atoms with Crippen molar-refractivity contribution < 1.29 is 103 Å². The third-order valence-corrected chi connectivity index (χ3v) is 13.3. The van der Waals surface area contributed by atoms with E-state index in [1.165, 1.54) is 70.7 Å². The maximum absolute atomic E-state index is 14.4. The number of carbonyl (C=O) groups excluding carboxylic acids is 1. The Labute approximate surface area is 531 Å². The highest BCUT2D eigenvalue weighted by Crippen LogP contribution is 2.37. The lowest BCUT2D eigenvalue weighted by atomic mass is 9.86. The molecule has 15 nitrogen and oxygen atoms in total. The number of nitrogens with one attached hydrogen (secondary N) is 2. The molecule has 0 atom stereocenters. The highest BCUT2D eigenvalue weighted by atomic mass is 79.9. The Kier molecular flexibility index (Phi) is 23.4. The van der Waals surface area contributed by atoms with Crippen molar-refractivity contribution in [1.29, 1.82) is 0 Å². The van der Waals surface area contributed by atoms with E-state index in [0.717, 1.165) is 85.5 Å². The summed E-state index contributed by atoms with van der Waals surface area (Å²) in [5.74, 6) is -7.57. The Balaban J connectivity index is 0.000000198. The van der Waals surface area contributed by atoms with Gasteiger partial charge in [0, 0.05) is 79.7 Å². The molecule has 504 valence electrons. The minimum atomic E-state index is -4.69. The van der Waals surface area contributed by atoms with E-state index in [-0.39, 0.29) is 74.4 Å². The Morgan fingerprint density at radius 3 is 1.15 bits per heavy atom. The first-order chi connectivity index (χ1) is 44.0. The molecule has 0 spiro atoms. The average Bonchev–Trinajstić information content (AvgIpc) is 1.73. The molecule has 0 fully saturated rings. The standard InChI is InChI=1S/C18H11F6N3O.C18H13F6N3.C11H9F4N3.C6H5BrFN.C5H6BF3N2O2/c1-27-14(8-15(26-27)18(22,23)24)10-6-5-9(7-13(10)21)25-17(28)16-11(19)3-2-4-12(16)20;1-27-16(8-17(26-27)18(22,23)24)11-6-5-10(7-15(11)21)25-9-12-13(19)3-2-4-14(12)20;1-18-9(5-10(17-18)11(13,14)15)7-3-2-6(16)4-8(7)12;7-5-2-1-4(9)3-6(5)8;1-11-4(6(12)13)2-3(10-11)5(7,8)9/h2-8H,1H3,(H,25,28);2-8,25H,9H2,1H3;2-5H,16H2,1H3;1-3H,9H2;2,12-13H,1H3. The number of hydrogen-bond donors (Lipinski definition) is 6. The number of benzene rings is 6. The normalized spacial score (nSPS) is 11.5. The van der Waals surface area contributed by atoms with Gasteiger partial charge in [-0.15, -0.1) is 0 Å². The van der Waals surface area contributed by atoms with Gasteiger partial charge in [-0.25, -0.2) is 35.1 Å². The minimum absolute atomic E-state index is 0.0229. The van der Waals surface area contributed by atoms with Gasteiger partial charge in [-0.3, -0.25) is 23.5 Å². The number of hydrogen-bond acceptors (Lipinski definition) is 10. The predicted molar refractivity (Wildman–Crippen MR) is 310 cm³/mol. The third kappa shape index (κ3) is 19.4. The molecule has 95 heavy (non-hydrogen) atoms. The third-order valence-electron chi connectivity index (χ3n) is 12.7.